The molecule has 1 nitrogen and oxygen atoms in total. The molecule has 0 bridgehead atoms. The van der Waals surface area contributed by atoms with E-state index in [1.807, 2.05) is 18.2 Å². The third-order valence-corrected chi connectivity index (χ3v) is 3.64. The standard InChI is InChI=1S/C8H6BrIO/c9-7-5-6(3-4-11)1-2-8(7)10/h1-2,4-5H,3H2. The van der Waals surface area contributed by atoms with E-state index in [0.29, 0.717) is 6.42 Å². The van der Waals surface area contributed by atoms with Gasteiger partial charge in [0.25, 0.3) is 0 Å². The average Bonchev–Trinajstić information content (AvgIpc) is 1.98. The monoisotopic (exact) mass is 324 g/mol. The van der Waals surface area contributed by atoms with E-state index in [-0.39, 0.29) is 0 Å². The van der Waals surface area contributed by atoms with Gasteiger partial charge in [0.05, 0.1) is 0 Å². The number of halogens is 2. The summed E-state index contributed by atoms with van der Waals surface area (Å²) in [6.07, 6.45) is 1.41. The van der Waals surface area contributed by atoms with Crippen LogP contribution in [0.5, 0.6) is 0 Å². The Bertz CT molecular complexity index is 273. The van der Waals surface area contributed by atoms with Crippen molar-refractivity contribution in [3.63, 3.8) is 0 Å². The van der Waals surface area contributed by atoms with Gasteiger partial charge >= 0.3 is 0 Å². The van der Waals surface area contributed by atoms with E-state index in [9.17, 15) is 4.79 Å². The van der Waals surface area contributed by atoms with E-state index in [1.165, 1.54) is 0 Å². The molecule has 0 heterocycles. The van der Waals surface area contributed by atoms with Crippen molar-refractivity contribution in [2.24, 2.45) is 0 Å². The van der Waals surface area contributed by atoms with E-state index in [4.69, 9.17) is 0 Å². The van der Waals surface area contributed by atoms with Crippen LogP contribution in [0.1, 0.15) is 5.56 Å². The van der Waals surface area contributed by atoms with Crippen molar-refractivity contribution in [2.45, 2.75) is 6.42 Å². The molecule has 0 saturated carbocycles. The lowest BCUT2D eigenvalue weighted by Crippen LogP contribution is -1.86. The number of aldehydes is 1. The summed E-state index contributed by atoms with van der Waals surface area (Å²) in [6, 6.07) is 5.92. The van der Waals surface area contributed by atoms with Crippen LogP contribution in [0, 0.1) is 3.57 Å². The largest absolute Gasteiger partial charge is 0.303 e. The highest BCUT2D eigenvalue weighted by molar-refractivity contribution is 14.1. The summed E-state index contributed by atoms with van der Waals surface area (Å²) in [5, 5.41) is 0. The van der Waals surface area contributed by atoms with Crippen LogP contribution in [0.2, 0.25) is 0 Å². The fourth-order valence-corrected chi connectivity index (χ4v) is 1.52. The van der Waals surface area contributed by atoms with Gasteiger partial charge < -0.3 is 4.79 Å². The Labute approximate surface area is 87.5 Å². The fourth-order valence-electron chi connectivity index (χ4n) is 0.763. The topological polar surface area (TPSA) is 17.1 Å². The molecule has 0 aliphatic heterocycles. The Morgan fingerprint density at radius 1 is 1.55 bits per heavy atom. The molecule has 1 aromatic rings. The summed E-state index contributed by atoms with van der Waals surface area (Å²) >= 11 is 5.63. The highest BCUT2D eigenvalue weighted by atomic mass is 127. The number of carbonyl (C=O) groups excluding carboxylic acids is 1. The lowest BCUT2D eigenvalue weighted by atomic mass is 10.2. The molecule has 0 radical (unpaired) electrons. The van der Waals surface area contributed by atoms with Crippen molar-refractivity contribution in [1.29, 1.82) is 0 Å². The molecule has 1 aromatic carbocycles. The minimum absolute atomic E-state index is 0.496. The smallest absolute Gasteiger partial charge is 0.124 e. The van der Waals surface area contributed by atoms with E-state index in [1.54, 1.807) is 0 Å². The normalized spacial score (nSPS) is 9.64. The van der Waals surface area contributed by atoms with Crippen molar-refractivity contribution in [2.75, 3.05) is 0 Å². The number of hydrogen-bond acceptors (Lipinski definition) is 1. The summed E-state index contributed by atoms with van der Waals surface area (Å²) in [4.78, 5) is 10.2. The van der Waals surface area contributed by atoms with Crippen molar-refractivity contribution in [3.05, 3.63) is 31.8 Å². The van der Waals surface area contributed by atoms with Crippen LogP contribution in [-0.2, 0) is 11.2 Å². The second-order valence-electron chi connectivity index (χ2n) is 2.12. The van der Waals surface area contributed by atoms with Gasteiger partial charge in [-0.3, -0.25) is 0 Å². The first-order valence-corrected chi connectivity index (χ1v) is 4.99. The average molecular weight is 325 g/mol. The molecule has 0 N–H and O–H groups in total. The lowest BCUT2D eigenvalue weighted by Gasteiger charge is -1.98. The summed E-state index contributed by atoms with van der Waals surface area (Å²) in [7, 11) is 0. The molecule has 0 unspecified atom stereocenters. The number of benzene rings is 1. The maximum Gasteiger partial charge on any atom is 0.124 e. The van der Waals surface area contributed by atoms with Crippen molar-refractivity contribution >= 4 is 44.8 Å². The second-order valence-corrected chi connectivity index (χ2v) is 4.14. The fraction of sp³-hybridized carbons (Fsp3) is 0.125. The zero-order valence-corrected chi connectivity index (χ0v) is 9.42. The molecular weight excluding hydrogens is 319 g/mol. The van der Waals surface area contributed by atoms with E-state index < -0.39 is 0 Å². The number of hydrogen-bond donors (Lipinski definition) is 0. The Morgan fingerprint density at radius 2 is 2.27 bits per heavy atom. The van der Waals surface area contributed by atoms with Gasteiger partial charge in [-0.2, -0.15) is 0 Å². The summed E-state index contributed by atoms with van der Waals surface area (Å²) in [5.41, 5.74) is 1.05. The van der Waals surface area contributed by atoms with Crippen molar-refractivity contribution in [1.82, 2.24) is 0 Å². The minimum atomic E-state index is 0.496. The van der Waals surface area contributed by atoms with Gasteiger partial charge in [-0.25, -0.2) is 0 Å². The maximum absolute atomic E-state index is 10.2. The van der Waals surface area contributed by atoms with Crippen LogP contribution >= 0.6 is 38.5 Å². The van der Waals surface area contributed by atoms with Gasteiger partial charge in [0.2, 0.25) is 0 Å². The minimum Gasteiger partial charge on any atom is -0.303 e. The molecule has 0 atom stereocenters. The molecule has 0 aliphatic rings. The first-order valence-electron chi connectivity index (χ1n) is 3.11. The second kappa shape index (κ2) is 4.21. The highest BCUT2D eigenvalue weighted by Gasteiger charge is 1.96. The van der Waals surface area contributed by atoms with Crippen LogP contribution < -0.4 is 0 Å². The number of carbonyl (C=O) groups is 1. The highest BCUT2D eigenvalue weighted by Crippen LogP contribution is 2.20. The summed E-state index contributed by atoms with van der Waals surface area (Å²) in [6.45, 7) is 0. The molecule has 58 valence electrons. The molecule has 0 amide bonds. The Hall–Kier alpha value is 0.1000. The molecular formula is C8H6BrIO. The van der Waals surface area contributed by atoms with Gasteiger partial charge in [-0.05, 0) is 56.2 Å². The van der Waals surface area contributed by atoms with E-state index in [2.05, 4.69) is 38.5 Å². The first-order chi connectivity index (χ1) is 5.24. The van der Waals surface area contributed by atoms with Crippen LogP contribution in [0.25, 0.3) is 0 Å². The molecule has 0 aliphatic carbocycles. The van der Waals surface area contributed by atoms with Gasteiger partial charge in [0, 0.05) is 14.5 Å². The van der Waals surface area contributed by atoms with Crippen molar-refractivity contribution < 1.29 is 4.79 Å². The lowest BCUT2D eigenvalue weighted by molar-refractivity contribution is -0.107. The van der Waals surface area contributed by atoms with Crippen molar-refractivity contribution in [3.8, 4) is 0 Å². The summed E-state index contributed by atoms with van der Waals surface area (Å²) < 4.78 is 2.22. The van der Waals surface area contributed by atoms with Crippen LogP contribution in [0.15, 0.2) is 22.7 Å². The molecule has 0 aromatic heterocycles. The van der Waals surface area contributed by atoms with E-state index >= 15 is 0 Å². The zero-order chi connectivity index (χ0) is 8.27. The third kappa shape index (κ3) is 2.56. The molecule has 0 saturated heterocycles. The number of rotatable bonds is 2. The zero-order valence-electron chi connectivity index (χ0n) is 5.68. The predicted molar refractivity (Wildman–Crippen MR) is 56.6 cm³/mol. The molecule has 11 heavy (non-hydrogen) atoms. The Balaban J connectivity index is 2.95. The SMILES string of the molecule is O=CCc1ccc(I)c(Br)c1. The van der Waals surface area contributed by atoms with Gasteiger partial charge in [-0.15, -0.1) is 0 Å². The molecule has 1 rings (SSSR count). The van der Waals surface area contributed by atoms with E-state index in [0.717, 1.165) is 19.9 Å². The van der Waals surface area contributed by atoms with Crippen LogP contribution in [-0.4, -0.2) is 6.29 Å². The third-order valence-electron chi connectivity index (χ3n) is 1.30. The molecule has 3 heteroatoms. The Kier molecular flexibility index (Phi) is 3.51. The first kappa shape index (κ1) is 9.19. The Morgan fingerprint density at radius 3 is 2.82 bits per heavy atom. The van der Waals surface area contributed by atoms with Gasteiger partial charge in [-0.1, -0.05) is 6.07 Å². The van der Waals surface area contributed by atoms with Gasteiger partial charge in [0.1, 0.15) is 6.29 Å². The predicted octanol–water partition coefficient (Wildman–Crippen LogP) is 2.80. The maximum atomic E-state index is 10.2. The van der Waals surface area contributed by atoms with Gasteiger partial charge in [0.15, 0.2) is 0 Å². The van der Waals surface area contributed by atoms with Crippen LogP contribution in [0.4, 0.5) is 0 Å². The molecule has 0 spiro atoms. The summed E-state index contributed by atoms with van der Waals surface area (Å²) in [5.74, 6) is 0. The van der Waals surface area contributed by atoms with Crippen LogP contribution in [0.3, 0.4) is 0 Å². The molecule has 0 fully saturated rings. The quantitative estimate of drug-likeness (QED) is 0.604.